The topological polar surface area (TPSA) is 24.7 Å². The molecule has 17 heavy (non-hydrogen) atoms. The van der Waals surface area contributed by atoms with Crippen LogP contribution >= 0.6 is 0 Å². The van der Waals surface area contributed by atoms with Crippen molar-refractivity contribution in [2.45, 2.75) is 39.3 Å². The lowest BCUT2D eigenvalue weighted by Crippen LogP contribution is -2.09. The average molecular weight is 244 g/mol. The van der Waals surface area contributed by atoms with Gasteiger partial charge in [-0.25, -0.2) is 13.2 Å². The van der Waals surface area contributed by atoms with Gasteiger partial charge in [-0.1, -0.05) is 6.07 Å². The molecule has 0 aliphatic rings. The molecule has 0 aromatic heterocycles. The Bertz CT molecular complexity index is 436. The van der Waals surface area contributed by atoms with Gasteiger partial charge in [-0.05, 0) is 33.8 Å². The first-order valence-corrected chi connectivity index (χ1v) is 5.28. The smallest absolute Gasteiger partial charge is 0.194 e. The summed E-state index contributed by atoms with van der Waals surface area (Å²) in [6.07, 6.45) is 0. The summed E-state index contributed by atoms with van der Waals surface area (Å²) in [5, 5.41) is 7.86. The second-order valence-electron chi connectivity index (χ2n) is 4.83. The number of rotatable bonds is 2. The Morgan fingerprint density at radius 1 is 1.06 bits per heavy atom. The minimum absolute atomic E-state index is 0.00287. The average Bonchev–Trinajstić information content (AvgIpc) is 2.22. The Morgan fingerprint density at radius 2 is 1.65 bits per heavy atom. The van der Waals surface area contributed by atoms with Crippen molar-refractivity contribution in [2.24, 2.45) is 10.2 Å². The highest BCUT2D eigenvalue weighted by Crippen LogP contribution is 2.25. The van der Waals surface area contributed by atoms with Gasteiger partial charge >= 0.3 is 0 Å². The fraction of sp³-hybridized carbons (Fsp3) is 0.500. The van der Waals surface area contributed by atoms with Crippen LogP contribution in [0.3, 0.4) is 0 Å². The molecule has 5 heteroatoms. The summed E-state index contributed by atoms with van der Waals surface area (Å²) < 4.78 is 39.1. The Kier molecular flexibility index (Phi) is 3.91. The molecule has 0 N–H and O–H groups in total. The lowest BCUT2D eigenvalue weighted by Gasteiger charge is -2.13. The largest absolute Gasteiger partial charge is 0.204 e. The Balaban J connectivity index is 3.02. The van der Waals surface area contributed by atoms with Crippen molar-refractivity contribution in [1.29, 1.82) is 0 Å². The van der Waals surface area contributed by atoms with E-state index in [1.807, 2.05) is 20.8 Å². The van der Waals surface area contributed by atoms with Crippen LogP contribution in [0.4, 0.5) is 13.2 Å². The van der Waals surface area contributed by atoms with Crippen LogP contribution in [0, 0.1) is 17.5 Å². The minimum atomic E-state index is -1.47. The van der Waals surface area contributed by atoms with Crippen LogP contribution in [0.1, 0.15) is 39.3 Å². The molecule has 0 amide bonds. The second-order valence-corrected chi connectivity index (χ2v) is 4.83. The predicted molar refractivity (Wildman–Crippen MR) is 59.3 cm³/mol. The van der Waals surface area contributed by atoms with Crippen LogP contribution in [-0.2, 0) is 0 Å². The van der Waals surface area contributed by atoms with Gasteiger partial charge in [0.2, 0.25) is 0 Å². The van der Waals surface area contributed by atoms with Crippen molar-refractivity contribution in [3.63, 3.8) is 0 Å². The molecule has 1 atom stereocenters. The first-order valence-electron chi connectivity index (χ1n) is 5.28. The second kappa shape index (κ2) is 4.85. The third-order valence-corrected chi connectivity index (χ3v) is 2.05. The first kappa shape index (κ1) is 13.7. The maximum Gasteiger partial charge on any atom is 0.194 e. The fourth-order valence-corrected chi connectivity index (χ4v) is 1.19. The molecular formula is C12H15F3N2. The van der Waals surface area contributed by atoms with E-state index in [0.717, 1.165) is 6.07 Å². The molecule has 1 aromatic rings. The van der Waals surface area contributed by atoms with E-state index in [1.54, 1.807) is 6.92 Å². The number of hydrogen-bond acceptors (Lipinski definition) is 2. The van der Waals surface area contributed by atoms with E-state index in [1.165, 1.54) is 6.07 Å². The summed E-state index contributed by atoms with van der Waals surface area (Å²) in [7, 11) is 0. The highest BCUT2D eigenvalue weighted by molar-refractivity contribution is 5.23. The highest BCUT2D eigenvalue weighted by Gasteiger charge is 2.18. The zero-order valence-corrected chi connectivity index (χ0v) is 10.3. The van der Waals surface area contributed by atoms with Gasteiger partial charge in [0.25, 0.3) is 0 Å². The molecular weight excluding hydrogens is 229 g/mol. The van der Waals surface area contributed by atoms with Crippen molar-refractivity contribution in [3.8, 4) is 0 Å². The summed E-state index contributed by atoms with van der Waals surface area (Å²) in [4.78, 5) is 0. The number of hydrogen-bond donors (Lipinski definition) is 0. The van der Waals surface area contributed by atoms with Gasteiger partial charge in [0.05, 0.1) is 11.6 Å². The Labute approximate surface area is 98.6 Å². The molecule has 0 saturated carbocycles. The monoisotopic (exact) mass is 244 g/mol. The summed E-state index contributed by atoms with van der Waals surface area (Å²) in [5.74, 6) is -3.88. The number of benzene rings is 1. The third kappa shape index (κ3) is 3.54. The van der Waals surface area contributed by atoms with E-state index in [2.05, 4.69) is 10.2 Å². The standard InChI is InChI=1S/C12H15F3N2/c1-7(16-17-12(2,3)4)8-5-6-9(13)11(15)10(8)14/h5-7H,1-4H3. The van der Waals surface area contributed by atoms with E-state index in [0.29, 0.717) is 0 Å². The zero-order chi connectivity index (χ0) is 13.2. The van der Waals surface area contributed by atoms with Crippen LogP contribution in [0.5, 0.6) is 0 Å². The molecule has 0 saturated heterocycles. The maximum absolute atomic E-state index is 13.4. The quantitative estimate of drug-likeness (QED) is 0.543. The van der Waals surface area contributed by atoms with Crippen molar-refractivity contribution >= 4 is 0 Å². The minimum Gasteiger partial charge on any atom is -0.204 e. The van der Waals surface area contributed by atoms with E-state index >= 15 is 0 Å². The van der Waals surface area contributed by atoms with Crippen molar-refractivity contribution in [3.05, 3.63) is 35.1 Å². The van der Waals surface area contributed by atoms with Gasteiger partial charge < -0.3 is 0 Å². The van der Waals surface area contributed by atoms with Crippen LogP contribution in [0.25, 0.3) is 0 Å². The van der Waals surface area contributed by atoms with E-state index < -0.39 is 23.5 Å². The molecule has 94 valence electrons. The molecule has 0 aliphatic heterocycles. The SMILES string of the molecule is CC(N=NC(C)(C)C)c1ccc(F)c(F)c1F. The normalized spacial score (nSPS) is 14.3. The zero-order valence-electron chi connectivity index (χ0n) is 10.3. The summed E-state index contributed by atoms with van der Waals surface area (Å²) in [6, 6.07) is 1.42. The Hall–Kier alpha value is -1.39. The van der Waals surface area contributed by atoms with Gasteiger partial charge in [0, 0.05) is 5.56 Å². The van der Waals surface area contributed by atoms with E-state index in [4.69, 9.17) is 0 Å². The molecule has 1 aromatic carbocycles. The third-order valence-electron chi connectivity index (χ3n) is 2.05. The lowest BCUT2D eigenvalue weighted by atomic mass is 10.1. The van der Waals surface area contributed by atoms with E-state index in [9.17, 15) is 13.2 Å². The molecule has 0 bridgehead atoms. The predicted octanol–water partition coefficient (Wildman–Crippen LogP) is 4.42. The van der Waals surface area contributed by atoms with Crippen LogP contribution in [0.2, 0.25) is 0 Å². The lowest BCUT2D eigenvalue weighted by molar-refractivity contribution is 0.434. The molecule has 1 unspecified atom stereocenters. The molecule has 2 nitrogen and oxygen atoms in total. The molecule has 0 fully saturated rings. The molecule has 0 radical (unpaired) electrons. The van der Waals surface area contributed by atoms with Gasteiger partial charge in [0.1, 0.15) is 0 Å². The number of azo groups is 1. The summed E-state index contributed by atoms with van der Waals surface area (Å²) in [5.41, 5.74) is -0.388. The fourth-order valence-electron chi connectivity index (χ4n) is 1.19. The van der Waals surface area contributed by atoms with Crippen molar-refractivity contribution in [2.75, 3.05) is 0 Å². The number of nitrogens with zero attached hydrogens (tertiary/aromatic N) is 2. The van der Waals surface area contributed by atoms with Crippen molar-refractivity contribution in [1.82, 2.24) is 0 Å². The molecule has 0 heterocycles. The maximum atomic E-state index is 13.4. The summed E-state index contributed by atoms with van der Waals surface area (Å²) in [6.45, 7) is 7.09. The molecule has 1 rings (SSSR count). The van der Waals surface area contributed by atoms with Crippen LogP contribution in [-0.4, -0.2) is 5.54 Å². The van der Waals surface area contributed by atoms with Gasteiger partial charge in [-0.15, -0.1) is 0 Å². The van der Waals surface area contributed by atoms with E-state index in [-0.39, 0.29) is 11.1 Å². The molecule has 0 aliphatic carbocycles. The Morgan fingerprint density at radius 3 is 2.18 bits per heavy atom. The summed E-state index contributed by atoms with van der Waals surface area (Å²) >= 11 is 0. The number of halogens is 3. The molecule has 0 spiro atoms. The van der Waals surface area contributed by atoms with Gasteiger partial charge in [0.15, 0.2) is 17.5 Å². The van der Waals surface area contributed by atoms with Gasteiger partial charge in [-0.2, -0.15) is 10.2 Å². The van der Waals surface area contributed by atoms with Crippen LogP contribution < -0.4 is 0 Å². The first-order chi connectivity index (χ1) is 7.72. The van der Waals surface area contributed by atoms with Crippen molar-refractivity contribution < 1.29 is 13.2 Å². The van der Waals surface area contributed by atoms with Crippen LogP contribution in [0.15, 0.2) is 22.4 Å². The highest BCUT2D eigenvalue weighted by atomic mass is 19.2. The van der Waals surface area contributed by atoms with Gasteiger partial charge in [-0.3, -0.25) is 0 Å².